The van der Waals surface area contributed by atoms with Crippen LogP contribution in [0.25, 0.3) is 5.69 Å². The average Bonchev–Trinajstić information content (AvgIpc) is 2.51. The maximum absolute atomic E-state index is 5.53. The van der Waals surface area contributed by atoms with E-state index in [0.29, 0.717) is 0 Å². The molecular weight excluding hydrogens is 234 g/mol. The van der Waals surface area contributed by atoms with Crippen molar-refractivity contribution in [1.82, 2.24) is 20.2 Å². The van der Waals surface area contributed by atoms with Gasteiger partial charge in [-0.1, -0.05) is 27.1 Å². The van der Waals surface area contributed by atoms with Crippen LogP contribution in [0.4, 0.5) is 5.95 Å². The lowest BCUT2D eigenvalue weighted by Gasteiger charge is -2.00. The van der Waals surface area contributed by atoms with Crippen LogP contribution in [0.5, 0.6) is 0 Å². The largest absolute Gasteiger partial charge is 0.366 e. The highest BCUT2D eigenvalue weighted by Crippen LogP contribution is 2.15. The van der Waals surface area contributed by atoms with Crippen molar-refractivity contribution in [3.63, 3.8) is 0 Å². The summed E-state index contributed by atoms with van der Waals surface area (Å²) in [5.41, 5.74) is 6.36. The summed E-state index contributed by atoms with van der Waals surface area (Å²) in [6.45, 7) is 0. The third-order valence-corrected chi connectivity index (χ3v) is 2.04. The van der Waals surface area contributed by atoms with Gasteiger partial charge in [-0.2, -0.15) is 4.68 Å². The third-order valence-electron chi connectivity index (χ3n) is 1.55. The van der Waals surface area contributed by atoms with E-state index in [1.807, 2.05) is 24.3 Å². The van der Waals surface area contributed by atoms with E-state index in [9.17, 15) is 0 Å². The summed E-state index contributed by atoms with van der Waals surface area (Å²) in [5.74, 6) is 0.276. The smallest absolute Gasteiger partial charge is 0.245 e. The summed E-state index contributed by atoms with van der Waals surface area (Å²) >= 11 is 3.35. The monoisotopic (exact) mass is 239 g/mol. The fourth-order valence-corrected chi connectivity index (χ4v) is 1.37. The van der Waals surface area contributed by atoms with Crippen molar-refractivity contribution >= 4 is 21.9 Å². The summed E-state index contributed by atoms with van der Waals surface area (Å²) in [4.78, 5) is 0. The zero-order chi connectivity index (χ0) is 9.26. The molecule has 0 bridgehead atoms. The van der Waals surface area contributed by atoms with Crippen LogP contribution in [0.15, 0.2) is 28.7 Å². The first kappa shape index (κ1) is 8.18. The van der Waals surface area contributed by atoms with E-state index in [2.05, 4.69) is 31.5 Å². The molecule has 0 fully saturated rings. The molecule has 0 aliphatic heterocycles. The van der Waals surface area contributed by atoms with Crippen molar-refractivity contribution in [2.75, 3.05) is 5.73 Å². The zero-order valence-electron chi connectivity index (χ0n) is 6.55. The maximum atomic E-state index is 5.53. The second-order valence-corrected chi connectivity index (χ2v) is 3.34. The van der Waals surface area contributed by atoms with E-state index in [1.54, 1.807) is 0 Å². The minimum Gasteiger partial charge on any atom is -0.366 e. The lowest BCUT2D eigenvalue weighted by atomic mass is 10.3. The minimum atomic E-state index is 0.276. The topological polar surface area (TPSA) is 69.6 Å². The molecule has 1 aromatic carbocycles. The summed E-state index contributed by atoms with van der Waals surface area (Å²) in [6, 6.07) is 7.56. The lowest BCUT2D eigenvalue weighted by molar-refractivity contribution is 0.791. The van der Waals surface area contributed by atoms with E-state index < -0.39 is 0 Å². The van der Waals surface area contributed by atoms with Crippen molar-refractivity contribution in [3.8, 4) is 5.69 Å². The molecule has 2 aromatic rings. The van der Waals surface area contributed by atoms with Crippen LogP contribution in [0.1, 0.15) is 0 Å². The predicted octanol–water partition coefficient (Wildman–Crippen LogP) is 1.01. The van der Waals surface area contributed by atoms with Crippen LogP contribution in [0.3, 0.4) is 0 Å². The van der Waals surface area contributed by atoms with Crippen molar-refractivity contribution in [2.45, 2.75) is 0 Å². The lowest BCUT2D eigenvalue weighted by Crippen LogP contribution is -2.02. The number of nitrogen functional groups attached to an aromatic ring is 1. The number of rotatable bonds is 1. The summed E-state index contributed by atoms with van der Waals surface area (Å²) in [5, 5.41) is 10.8. The molecule has 0 saturated heterocycles. The molecule has 5 nitrogen and oxygen atoms in total. The molecule has 0 amide bonds. The average molecular weight is 240 g/mol. The van der Waals surface area contributed by atoms with Gasteiger partial charge in [0.1, 0.15) is 0 Å². The number of hydrogen-bond donors (Lipinski definition) is 1. The third kappa shape index (κ3) is 1.52. The standard InChI is InChI=1S/C7H6BrN5/c8-5-2-1-3-6(4-5)13-7(9)10-11-12-13/h1-4H,(H2,9,10,12). The first-order valence-corrected chi connectivity index (χ1v) is 4.36. The van der Waals surface area contributed by atoms with Gasteiger partial charge in [-0.3, -0.25) is 0 Å². The molecule has 2 rings (SSSR count). The molecule has 66 valence electrons. The van der Waals surface area contributed by atoms with Gasteiger partial charge in [0.15, 0.2) is 0 Å². The highest BCUT2D eigenvalue weighted by molar-refractivity contribution is 9.10. The summed E-state index contributed by atoms with van der Waals surface area (Å²) in [6.07, 6.45) is 0. The van der Waals surface area contributed by atoms with Crippen LogP contribution in [0, 0.1) is 0 Å². The van der Waals surface area contributed by atoms with Gasteiger partial charge >= 0.3 is 0 Å². The van der Waals surface area contributed by atoms with Gasteiger partial charge in [0.05, 0.1) is 5.69 Å². The van der Waals surface area contributed by atoms with Crippen molar-refractivity contribution in [2.24, 2.45) is 0 Å². The zero-order valence-corrected chi connectivity index (χ0v) is 8.14. The number of nitrogens with zero attached hydrogens (tertiary/aromatic N) is 4. The SMILES string of the molecule is Nc1nnnn1-c1cccc(Br)c1. The van der Waals surface area contributed by atoms with Crippen LogP contribution >= 0.6 is 15.9 Å². The van der Waals surface area contributed by atoms with E-state index >= 15 is 0 Å². The maximum Gasteiger partial charge on any atom is 0.245 e. The molecule has 6 heteroatoms. The molecule has 0 aliphatic carbocycles. The van der Waals surface area contributed by atoms with Gasteiger partial charge in [0.2, 0.25) is 5.95 Å². The van der Waals surface area contributed by atoms with Gasteiger partial charge in [-0.25, -0.2) is 0 Å². The number of anilines is 1. The van der Waals surface area contributed by atoms with Gasteiger partial charge in [-0.15, -0.1) is 0 Å². The van der Waals surface area contributed by atoms with Crippen LogP contribution in [-0.2, 0) is 0 Å². The Morgan fingerprint density at radius 2 is 2.23 bits per heavy atom. The van der Waals surface area contributed by atoms with Gasteiger partial charge < -0.3 is 5.73 Å². The molecule has 0 spiro atoms. The van der Waals surface area contributed by atoms with Crippen LogP contribution < -0.4 is 5.73 Å². The first-order chi connectivity index (χ1) is 6.27. The van der Waals surface area contributed by atoms with E-state index in [1.165, 1.54) is 4.68 Å². The number of benzene rings is 1. The van der Waals surface area contributed by atoms with Crippen LogP contribution in [-0.4, -0.2) is 20.2 Å². The molecular formula is C7H6BrN5. The molecule has 0 radical (unpaired) electrons. The second-order valence-electron chi connectivity index (χ2n) is 2.43. The Bertz CT molecular complexity index is 424. The Kier molecular flexibility index (Phi) is 1.97. The van der Waals surface area contributed by atoms with Crippen molar-refractivity contribution < 1.29 is 0 Å². The van der Waals surface area contributed by atoms with E-state index in [0.717, 1.165) is 10.2 Å². The van der Waals surface area contributed by atoms with E-state index in [-0.39, 0.29) is 5.95 Å². The van der Waals surface area contributed by atoms with Crippen LogP contribution in [0.2, 0.25) is 0 Å². The van der Waals surface area contributed by atoms with Gasteiger partial charge in [0.25, 0.3) is 0 Å². The summed E-state index contributed by atoms with van der Waals surface area (Å²) in [7, 11) is 0. The minimum absolute atomic E-state index is 0.276. The quantitative estimate of drug-likeness (QED) is 0.807. The Balaban J connectivity index is 2.53. The van der Waals surface area contributed by atoms with Crippen molar-refractivity contribution in [3.05, 3.63) is 28.7 Å². The van der Waals surface area contributed by atoms with Crippen molar-refractivity contribution in [1.29, 1.82) is 0 Å². The highest BCUT2D eigenvalue weighted by atomic mass is 79.9. The Labute approximate surface area is 82.7 Å². The Morgan fingerprint density at radius 1 is 1.38 bits per heavy atom. The fraction of sp³-hybridized carbons (Fsp3) is 0. The number of tetrazole rings is 1. The molecule has 1 aromatic heterocycles. The summed E-state index contributed by atoms with van der Waals surface area (Å²) < 4.78 is 2.42. The molecule has 0 saturated carbocycles. The van der Waals surface area contributed by atoms with E-state index in [4.69, 9.17) is 5.73 Å². The number of nitrogens with two attached hydrogens (primary N) is 1. The number of aromatic nitrogens is 4. The molecule has 2 N–H and O–H groups in total. The molecule has 0 aliphatic rings. The Hall–Kier alpha value is -1.43. The molecule has 0 unspecified atom stereocenters. The normalized spacial score (nSPS) is 10.2. The molecule has 13 heavy (non-hydrogen) atoms. The van der Waals surface area contributed by atoms with Gasteiger partial charge in [0, 0.05) is 4.47 Å². The Morgan fingerprint density at radius 3 is 2.85 bits per heavy atom. The number of halogens is 1. The fourth-order valence-electron chi connectivity index (χ4n) is 0.986. The highest BCUT2D eigenvalue weighted by Gasteiger charge is 2.03. The molecule has 0 atom stereocenters. The number of hydrogen-bond acceptors (Lipinski definition) is 4. The predicted molar refractivity (Wildman–Crippen MR) is 51.3 cm³/mol. The second kappa shape index (κ2) is 3.14. The molecule has 1 heterocycles. The van der Waals surface area contributed by atoms with Gasteiger partial charge in [-0.05, 0) is 28.6 Å². The first-order valence-electron chi connectivity index (χ1n) is 3.57.